The van der Waals surface area contributed by atoms with E-state index in [0.29, 0.717) is 31.0 Å². The van der Waals surface area contributed by atoms with Crippen LogP contribution >= 0.6 is 11.3 Å². The average Bonchev–Trinajstić information content (AvgIpc) is 3.01. The van der Waals surface area contributed by atoms with Gasteiger partial charge in [0.1, 0.15) is 10.5 Å². The van der Waals surface area contributed by atoms with Crippen LogP contribution in [0.2, 0.25) is 0 Å². The number of hydrogen-bond donors (Lipinski definition) is 1. The Morgan fingerprint density at radius 1 is 1.36 bits per heavy atom. The summed E-state index contributed by atoms with van der Waals surface area (Å²) >= 11 is 1.34. The van der Waals surface area contributed by atoms with E-state index in [1.54, 1.807) is 6.07 Å². The second-order valence-electron chi connectivity index (χ2n) is 7.06. The molecule has 1 fully saturated rings. The lowest BCUT2D eigenvalue weighted by Crippen LogP contribution is -2.47. The van der Waals surface area contributed by atoms with Crippen molar-refractivity contribution in [2.75, 3.05) is 19.7 Å². The molecule has 0 aliphatic carbocycles. The first-order valence-electron chi connectivity index (χ1n) is 8.83. The molecule has 1 spiro atoms. The fourth-order valence-corrected chi connectivity index (χ4v) is 4.91. The van der Waals surface area contributed by atoms with E-state index in [0.717, 1.165) is 36.1 Å². The van der Waals surface area contributed by atoms with E-state index in [2.05, 4.69) is 6.08 Å². The lowest BCUT2D eigenvalue weighted by atomic mass is 9.85. The fraction of sp³-hybridized carbons (Fsp3) is 0.579. The largest absolute Gasteiger partial charge is 0.477 e. The predicted molar refractivity (Wildman–Crippen MR) is 97.1 cm³/mol. The smallest absolute Gasteiger partial charge is 0.345 e. The Labute approximate surface area is 152 Å². The highest BCUT2D eigenvalue weighted by Crippen LogP contribution is 2.45. The molecule has 25 heavy (non-hydrogen) atoms. The standard InChI is InChI=1S/C19H25NO4S/c1-13(2)4-3-5-16(21)20-9-7-19(8-10-20)17-14(6-11-24-19)12-15(25-17)18(22)23/h4,12H,3,5-11H2,1-2H3,(H,22,23). The molecular weight excluding hydrogens is 338 g/mol. The molecule has 136 valence electrons. The Kier molecular flexibility index (Phi) is 5.29. The molecule has 3 heterocycles. The van der Waals surface area contributed by atoms with Gasteiger partial charge < -0.3 is 14.7 Å². The minimum Gasteiger partial charge on any atom is -0.477 e. The third-order valence-corrected chi connectivity index (χ3v) is 6.37. The van der Waals surface area contributed by atoms with Crippen LogP contribution in [0.1, 0.15) is 59.6 Å². The number of fused-ring (bicyclic) bond motifs is 2. The summed E-state index contributed by atoms with van der Waals surface area (Å²) in [6.07, 6.45) is 5.69. The van der Waals surface area contributed by atoms with Crippen LogP contribution in [0.25, 0.3) is 0 Å². The van der Waals surface area contributed by atoms with Crippen LogP contribution in [0.4, 0.5) is 0 Å². The van der Waals surface area contributed by atoms with Gasteiger partial charge in [0.05, 0.1) is 6.61 Å². The van der Waals surface area contributed by atoms with Gasteiger partial charge in [0, 0.05) is 24.4 Å². The van der Waals surface area contributed by atoms with E-state index in [-0.39, 0.29) is 5.91 Å². The summed E-state index contributed by atoms with van der Waals surface area (Å²) in [5.74, 6) is -0.678. The molecular formula is C19H25NO4S. The van der Waals surface area contributed by atoms with Gasteiger partial charge in [-0.3, -0.25) is 4.79 Å². The molecule has 0 atom stereocenters. The number of allylic oxidation sites excluding steroid dienone is 2. The van der Waals surface area contributed by atoms with E-state index in [4.69, 9.17) is 4.74 Å². The van der Waals surface area contributed by atoms with Gasteiger partial charge in [-0.05, 0) is 51.2 Å². The monoisotopic (exact) mass is 363 g/mol. The number of hydrogen-bond acceptors (Lipinski definition) is 4. The molecule has 5 nitrogen and oxygen atoms in total. The normalized spacial score (nSPS) is 18.7. The van der Waals surface area contributed by atoms with Crippen LogP contribution in [0, 0.1) is 0 Å². The first-order valence-corrected chi connectivity index (χ1v) is 9.64. The number of carbonyl (C=O) groups is 2. The van der Waals surface area contributed by atoms with Gasteiger partial charge in [-0.1, -0.05) is 11.6 Å². The van der Waals surface area contributed by atoms with E-state index >= 15 is 0 Å². The average molecular weight is 363 g/mol. The zero-order chi connectivity index (χ0) is 18.0. The number of carboxylic acids is 1. The van der Waals surface area contributed by atoms with Crippen molar-refractivity contribution in [1.82, 2.24) is 4.90 Å². The summed E-state index contributed by atoms with van der Waals surface area (Å²) in [4.78, 5) is 27.0. The maximum absolute atomic E-state index is 12.4. The molecule has 0 aromatic carbocycles. The van der Waals surface area contributed by atoms with Gasteiger partial charge in [0.15, 0.2) is 0 Å². The van der Waals surface area contributed by atoms with E-state index in [1.807, 2.05) is 18.7 Å². The van der Waals surface area contributed by atoms with Gasteiger partial charge in [-0.2, -0.15) is 0 Å². The minimum atomic E-state index is -0.874. The summed E-state index contributed by atoms with van der Waals surface area (Å²) in [6.45, 7) is 6.05. The Balaban J connectivity index is 1.67. The van der Waals surface area contributed by atoms with Crippen molar-refractivity contribution in [3.63, 3.8) is 0 Å². The Bertz CT molecular complexity index is 694. The summed E-state index contributed by atoms with van der Waals surface area (Å²) in [7, 11) is 0. The molecule has 1 N–H and O–H groups in total. The van der Waals surface area contributed by atoms with Crippen molar-refractivity contribution >= 4 is 23.2 Å². The number of likely N-dealkylation sites (tertiary alicyclic amines) is 1. The molecule has 1 amide bonds. The van der Waals surface area contributed by atoms with Gasteiger partial charge >= 0.3 is 5.97 Å². The number of carbonyl (C=O) groups excluding carboxylic acids is 1. The van der Waals surface area contributed by atoms with Gasteiger partial charge in [-0.25, -0.2) is 4.79 Å². The first-order chi connectivity index (χ1) is 11.9. The summed E-state index contributed by atoms with van der Waals surface area (Å²) in [6, 6.07) is 1.80. The van der Waals surface area contributed by atoms with Crippen molar-refractivity contribution in [3.8, 4) is 0 Å². The minimum absolute atomic E-state index is 0.195. The third-order valence-electron chi connectivity index (χ3n) is 5.02. The number of aromatic carboxylic acids is 1. The molecule has 1 aromatic heterocycles. The lowest BCUT2D eigenvalue weighted by molar-refractivity contribution is -0.140. The highest BCUT2D eigenvalue weighted by Gasteiger charge is 2.43. The van der Waals surface area contributed by atoms with Crippen LogP contribution in [-0.2, 0) is 21.6 Å². The maximum Gasteiger partial charge on any atom is 0.345 e. The first kappa shape index (κ1) is 18.1. The lowest BCUT2D eigenvalue weighted by Gasteiger charge is -2.43. The molecule has 2 aliphatic rings. The molecule has 3 rings (SSSR count). The number of carboxylic acid groups (broad SMARTS) is 1. The molecule has 1 aromatic rings. The van der Waals surface area contributed by atoms with Crippen molar-refractivity contribution in [2.45, 2.75) is 51.6 Å². The molecule has 0 bridgehead atoms. The SMILES string of the molecule is CC(C)=CCCC(=O)N1CCC2(CC1)OCCc1cc(C(=O)O)sc12. The Morgan fingerprint density at radius 3 is 2.72 bits per heavy atom. The molecule has 6 heteroatoms. The highest BCUT2D eigenvalue weighted by atomic mass is 32.1. The molecule has 0 saturated carbocycles. The zero-order valence-electron chi connectivity index (χ0n) is 14.8. The molecule has 2 aliphatic heterocycles. The second-order valence-corrected chi connectivity index (χ2v) is 8.12. The Morgan fingerprint density at radius 2 is 2.08 bits per heavy atom. The quantitative estimate of drug-likeness (QED) is 0.830. The summed E-state index contributed by atoms with van der Waals surface area (Å²) in [5.41, 5.74) is 1.94. The van der Waals surface area contributed by atoms with Crippen molar-refractivity contribution in [1.29, 1.82) is 0 Å². The van der Waals surface area contributed by atoms with Crippen LogP contribution < -0.4 is 0 Å². The third kappa shape index (κ3) is 3.80. The molecule has 0 unspecified atom stereocenters. The van der Waals surface area contributed by atoms with E-state index in [1.165, 1.54) is 16.9 Å². The van der Waals surface area contributed by atoms with Crippen LogP contribution in [0.15, 0.2) is 17.7 Å². The van der Waals surface area contributed by atoms with Gasteiger partial charge in [0.2, 0.25) is 5.91 Å². The van der Waals surface area contributed by atoms with Crippen LogP contribution in [0.5, 0.6) is 0 Å². The number of ether oxygens (including phenoxy) is 1. The van der Waals surface area contributed by atoms with Crippen LogP contribution in [0.3, 0.4) is 0 Å². The van der Waals surface area contributed by atoms with Crippen molar-refractivity contribution in [3.05, 3.63) is 33.0 Å². The Hall–Kier alpha value is -1.66. The molecule has 0 radical (unpaired) electrons. The number of rotatable bonds is 4. The molecule has 1 saturated heterocycles. The number of piperidine rings is 1. The fourth-order valence-electron chi connectivity index (χ4n) is 3.66. The van der Waals surface area contributed by atoms with E-state index < -0.39 is 11.6 Å². The summed E-state index contributed by atoms with van der Waals surface area (Å²) < 4.78 is 6.14. The van der Waals surface area contributed by atoms with Crippen LogP contribution in [-0.4, -0.2) is 41.6 Å². The maximum atomic E-state index is 12.4. The predicted octanol–water partition coefficient (Wildman–Crippen LogP) is 3.58. The van der Waals surface area contributed by atoms with Crippen molar-refractivity contribution < 1.29 is 19.4 Å². The topological polar surface area (TPSA) is 66.8 Å². The zero-order valence-corrected chi connectivity index (χ0v) is 15.7. The number of thiophene rings is 1. The second kappa shape index (κ2) is 7.30. The van der Waals surface area contributed by atoms with Crippen molar-refractivity contribution in [2.24, 2.45) is 0 Å². The van der Waals surface area contributed by atoms with Gasteiger partial charge in [-0.15, -0.1) is 11.3 Å². The number of amides is 1. The summed E-state index contributed by atoms with van der Waals surface area (Å²) in [5, 5.41) is 9.27. The van der Waals surface area contributed by atoms with E-state index in [9.17, 15) is 14.7 Å². The number of nitrogens with zero attached hydrogens (tertiary/aromatic N) is 1. The van der Waals surface area contributed by atoms with Gasteiger partial charge in [0.25, 0.3) is 0 Å². The highest BCUT2D eigenvalue weighted by molar-refractivity contribution is 7.14.